The lowest BCUT2D eigenvalue weighted by atomic mass is 10.2. The lowest BCUT2D eigenvalue weighted by Crippen LogP contribution is -2.22. The third-order valence-electron chi connectivity index (χ3n) is 1.78. The molecule has 19 heavy (non-hydrogen) atoms. The van der Waals surface area contributed by atoms with E-state index >= 15 is 0 Å². The monoisotopic (exact) mass is 296 g/mol. The van der Waals surface area contributed by atoms with Crippen molar-refractivity contribution in [2.45, 2.75) is 19.0 Å². The highest BCUT2D eigenvalue weighted by Crippen LogP contribution is 2.40. The number of hydrogen-bond acceptors (Lipinski definition) is 3. The van der Waals surface area contributed by atoms with E-state index in [2.05, 4.69) is 9.72 Å². The molecule has 0 aliphatic carbocycles. The molecular weight excluding hydrogens is 292 g/mol. The summed E-state index contributed by atoms with van der Waals surface area (Å²) in [5.74, 6) is -3.11. The Hall–Kier alpha value is -1.81. The van der Waals surface area contributed by atoms with E-state index in [-0.39, 0.29) is 6.07 Å². The fourth-order valence-corrected chi connectivity index (χ4v) is 1.10. The molecule has 2 N–H and O–H groups in total. The molecule has 0 bridgehead atoms. The topological polar surface area (TPSA) is 48.1 Å². The third-order valence-corrected chi connectivity index (χ3v) is 1.78. The maximum absolute atomic E-state index is 12.4. The molecule has 0 aliphatic heterocycles. The Morgan fingerprint density at radius 3 is 2.00 bits per heavy atom. The zero-order valence-corrected chi connectivity index (χ0v) is 8.61. The van der Waals surface area contributed by atoms with E-state index in [9.17, 15) is 35.1 Å². The Bertz CT molecular complexity index is 467. The Morgan fingerprint density at radius 1 is 1.11 bits per heavy atom. The maximum atomic E-state index is 12.4. The van der Waals surface area contributed by atoms with E-state index in [0.717, 1.165) is 0 Å². The summed E-state index contributed by atoms with van der Waals surface area (Å²) in [6.45, 7) is 0. The van der Waals surface area contributed by atoms with Crippen LogP contribution in [-0.2, 0) is 6.18 Å². The van der Waals surface area contributed by atoms with Gasteiger partial charge in [0.1, 0.15) is 5.82 Å². The van der Waals surface area contributed by atoms with Crippen molar-refractivity contribution in [3.8, 4) is 5.75 Å². The summed E-state index contributed by atoms with van der Waals surface area (Å²) in [4.78, 5) is 2.50. The minimum absolute atomic E-state index is 0.136. The van der Waals surface area contributed by atoms with Crippen LogP contribution in [0.2, 0.25) is 0 Å². The van der Waals surface area contributed by atoms with Crippen molar-refractivity contribution in [3.05, 3.63) is 17.3 Å². The molecule has 3 nitrogen and oxygen atoms in total. The number of rotatable bonds is 2. The second-order valence-electron chi connectivity index (χ2n) is 3.16. The van der Waals surface area contributed by atoms with Crippen LogP contribution in [-0.4, -0.2) is 11.3 Å². The standard InChI is InChI=1S/C8H4F8N2O/c9-5(10)2-1-3(19-8(14,15)16)4(7(11,12)13)18-6(2)17/h1,5H,(H2,17,18). The number of aromatic nitrogens is 1. The number of alkyl halides is 8. The minimum Gasteiger partial charge on any atom is -0.403 e. The van der Waals surface area contributed by atoms with Crippen LogP contribution in [0.1, 0.15) is 17.7 Å². The van der Waals surface area contributed by atoms with Crippen molar-refractivity contribution < 1.29 is 39.9 Å². The highest BCUT2D eigenvalue weighted by molar-refractivity contribution is 5.48. The van der Waals surface area contributed by atoms with Gasteiger partial charge in [-0.2, -0.15) is 13.2 Å². The number of anilines is 1. The highest BCUT2D eigenvalue weighted by atomic mass is 19.4. The van der Waals surface area contributed by atoms with Crippen molar-refractivity contribution in [2.75, 3.05) is 5.73 Å². The molecule has 0 unspecified atom stereocenters. The summed E-state index contributed by atoms with van der Waals surface area (Å²) in [6, 6.07) is -0.136. The van der Waals surface area contributed by atoms with Crippen LogP contribution in [0.5, 0.6) is 5.75 Å². The highest BCUT2D eigenvalue weighted by Gasteiger charge is 2.42. The fraction of sp³-hybridized carbons (Fsp3) is 0.375. The first-order chi connectivity index (χ1) is 8.42. The van der Waals surface area contributed by atoms with E-state index in [0.29, 0.717) is 0 Å². The molecule has 1 heterocycles. The third kappa shape index (κ3) is 3.83. The molecule has 11 heteroatoms. The van der Waals surface area contributed by atoms with Gasteiger partial charge in [0.05, 0.1) is 5.56 Å². The van der Waals surface area contributed by atoms with Gasteiger partial charge in [-0.05, 0) is 6.07 Å². The van der Waals surface area contributed by atoms with Crippen LogP contribution in [0.25, 0.3) is 0 Å². The molecule has 1 aromatic heterocycles. The number of pyridine rings is 1. The Kier molecular flexibility index (Phi) is 3.77. The Labute approximate surface area is 99.5 Å². The molecule has 0 radical (unpaired) electrons. The molecule has 0 atom stereocenters. The molecule has 0 saturated carbocycles. The van der Waals surface area contributed by atoms with Gasteiger partial charge in [-0.25, -0.2) is 13.8 Å². The molecular formula is C8H4F8N2O. The molecule has 0 fully saturated rings. The Morgan fingerprint density at radius 2 is 1.63 bits per heavy atom. The lowest BCUT2D eigenvalue weighted by molar-refractivity contribution is -0.276. The quantitative estimate of drug-likeness (QED) is 0.849. The van der Waals surface area contributed by atoms with Crippen LogP contribution in [0.3, 0.4) is 0 Å². The number of nitrogen functional groups attached to an aromatic ring is 1. The molecule has 0 aliphatic rings. The number of nitrogens with two attached hydrogens (primary N) is 1. The van der Waals surface area contributed by atoms with Crippen molar-refractivity contribution >= 4 is 5.82 Å². The van der Waals surface area contributed by atoms with Crippen molar-refractivity contribution in [1.29, 1.82) is 0 Å². The minimum atomic E-state index is -5.49. The molecule has 108 valence electrons. The molecule has 0 amide bonds. The second kappa shape index (κ2) is 4.70. The normalized spacial score (nSPS) is 12.9. The first-order valence-electron chi connectivity index (χ1n) is 4.33. The fourth-order valence-electron chi connectivity index (χ4n) is 1.10. The zero-order chi connectivity index (χ0) is 15.0. The predicted molar refractivity (Wildman–Crippen MR) is 45.3 cm³/mol. The van der Waals surface area contributed by atoms with Gasteiger partial charge in [0, 0.05) is 0 Å². The van der Waals surface area contributed by atoms with E-state index in [1.54, 1.807) is 0 Å². The van der Waals surface area contributed by atoms with Gasteiger partial charge in [-0.1, -0.05) is 0 Å². The number of halogens is 8. The van der Waals surface area contributed by atoms with Gasteiger partial charge in [0.25, 0.3) is 6.43 Å². The second-order valence-corrected chi connectivity index (χ2v) is 3.16. The van der Waals surface area contributed by atoms with Crippen LogP contribution in [0.15, 0.2) is 6.07 Å². The van der Waals surface area contributed by atoms with Gasteiger partial charge < -0.3 is 10.5 Å². The summed E-state index contributed by atoms with van der Waals surface area (Å²) < 4.78 is 101. The number of nitrogens with zero attached hydrogens (tertiary/aromatic N) is 1. The summed E-state index contributed by atoms with van der Waals surface area (Å²) in [5.41, 5.74) is 1.41. The van der Waals surface area contributed by atoms with E-state index < -0.39 is 41.8 Å². The van der Waals surface area contributed by atoms with E-state index in [1.807, 2.05) is 0 Å². The van der Waals surface area contributed by atoms with Gasteiger partial charge in [0.15, 0.2) is 11.4 Å². The Balaban J connectivity index is 3.42. The first kappa shape index (κ1) is 15.2. The largest absolute Gasteiger partial charge is 0.573 e. The maximum Gasteiger partial charge on any atom is 0.573 e. The molecule has 0 aromatic carbocycles. The molecule has 1 rings (SSSR count). The average Bonchev–Trinajstić information content (AvgIpc) is 2.15. The molecule has 0 saturated heterocycles. The summed E-state index contributed by atoms with van der Waals surface area (Å²) in [5, 5.41) is 0. The van der Waals surface area contributed by atoms with Crippen molar-refractivity contribution in [3.63, 3.8) is 0 Å². The van der Waals surface area contributed by atoms with Crippen LogP contribution in [0.4, 0.5) is 40.9 Å². The SMILES string of the molecule is Nc1nc(C(F)(F)F)c(OC(F)(F)F)cc1C(F)F. The van der Waals surface area contributed by atoms with E-state index in [1.165, 1.54) is 0 Å². The van der Waals surface area contributed by atoms with Gasteiger partial charge in [-0.3, -0.25) is 0 Å². The average molecular weight is 296 g/mol. The first-order valence-corrected chi connectivity index (χ1v) is 4.33. The molecule has 1 aromatic rings. The van der Waals surface area contributed by atoms with Crippen LogP contribution in [0, 0.1) is 0 Å². The van der Waals surface area contributed by atoms with Crippen molar-refractivity contribution in [1.82, 2.24) is 4.98 Å². The van der Waals surface area contributed by atoms with Gasteiger partial charge in [0.2, 0.25) is 0 Å². The number of ether oxygens (including phenoxy) is 1. The predicted octanol–water partition coefficient (Wildman–Crippen LogP) is 3.52. The number of hydrogen-bond donors (Lipinski definition) is 1. The summed E-state index contributed by atoms with van der Waals surface area (Å²) in [7, 11) is 0. The van der Waals surface area contributed by atoms with Gasteiger partial charge in [-0.15, -0.1) is 13.2 Å². The zero-order valence-electron chi connectivity index (χ0n) is 8.61. The summed E-state index contributed by atoms with van der Waals surface area (Å²) >= 11 is 0. The van der Waals surface area contributed by atoms with Crippen molar-refractivity contribution in [2.24, 2.45) is 0 Å². The lowest BCUT2D eigenvalue weighted by Gasteiger charge is -2.16. The smallest absolute Gasteiger partial charge is 0.403 e. The molecule has 0 spiro atoms. The van der Waals surface area contributed by atoms with E-state index in [4.69, 9.17) is 5.73 Å². The van der Waals surface area contributed by atoms with Crippen LogP contribution >= 0.6 is 0 Å². The van der Waals surface area contributed by atoms with Gasteiger partial charge >= 0.3 is 12.5 Å². The summed E-state index contributed by atoms with van der Waals surface area (Å²) in [6.07, 6.45) is -14.2. The van der Waals surface area contributed by atoms with Crippen LogP contribution < -0.4 is 10.5 Å².